The fourth-order valence-electron chi connectivity index (χ4n) is 3.23. The first kappa shape index (κ1) is 15.3. The zero-order valence-electron chi connectivity index (χ0n) is 12.7. The highest BCUT2D eigenvalue weighted by molar-refractivity contribution is 5.17. The van der Waals surface area contributed by atoms with Crippen LogP contribution in [0.25, 0.3) is 0 Å². The highest BCUT2D eigenvalue weighted by Crippen LogP contribution is 2.39. The first-order valence-electron chi connectivity index (χ1n) is 7.48. The predicted molar refractivity (Wildman–Crippen MR) is 82.6 cm³/mol. The van der Waals surface area contributed by atoms with Gasteiger partial charge in [-0.3, -0.25) is 0 Å². The molecule has 0 aromatic carbocycles. The molecule has 0 N–H and O–H groups in total. The van der Waals surface area contributed by atoms with Gasteiger partial charge in [0.05, 0.1) is 0 Å². The molecule has 1 saturated carbocycles. The second kappa shape index (κ2) is 7.61. The number of hydrogen-bond acceptors (Lipinski definition) is 0. The lowest BCUT2D eigenvalue weighted by atomic mass is 9.76. The molecule has 0 heterocycles. The van der Waals surface area contributed by atoms with Crippen LogP contribution in [-0.2, 0) is 0 Å². The van der Waals surface area contributed by atoms with Crippen molar-refractivity contribution in [2.24, 2.45) is 17.8 Å². The van der Waals surface area contributed by atoms with Gasteiger partial charge in [0.1, 0.15) is 0 Å². The molecule has 18 heavy (non-hydrogen) atoms. The van der Waals surface area contributed by atoms with Crippen LogP contribution in [0.4, 0.5) is 0 Å². The van der Waals surface area contributed by atoms with Crippen LogP contribution in [0.15, 0.2) is 36.0 Å². The van der Waals surface area contributed by atoms with Gasteiger partial charge in [0.25, 0.3) is 0 Å². The van der Waals surface area contributed by atoms with Gasteiger partial charge >= 0.3 is 0 Å². The zero-order chi connectivity index (χ0) is 13.5. The topological polar surface area (TPSA) is 0 Å². The van der Waals surface area contributed by atoms with E-state index in [2.05, 4.69) is 52.5 Å². The van der Waals surface area contributed by atoms with E-state index in [0.29, 0.717) is 0 Å². The van der Waals surface area contributed by atoms with Crippen LogP contribution in [0.2, 0.25) is 0 Å². The standard InChI is InChI=1S/C18H30/c1-6-9-17-15(4)10-7-8-11-18(17)16(5)13-12-14(2)3/h6,12-13,15,17-18H,1,7-11H2,2-5H3/b16-13+. The van der Waals surface area contributed by atoms with Crippen LogP contribution in [0.3, 0.4) is 0 Å². The van der Waals surface area contributed by atoms with E-state index in [1.54, 1.807) is 5.57 Å². The summed E-state index contributed by atoms with van der Waals surface area (Å²) in [7, 11) is 0. The van der Waals surface area contributed by atoms with Crippen molar-refractivity contribution in [2.45, 2.75) is 59.8 Å². The maximum Gasteiger partial charge on any atom is -0.0169 e. The number of allylic oxidation sites excluding steroid dienone is 5. The molecule has 1 aliphatic rings. The van der Waals surface area contributed by atoms with Crippen molar-refractivity contribution in [3.8, 4) is 0 Å². The lowest BCUT2D eigenvalue weighted by molar-refractivity contribution is 0.274. The normalized spacial score (nSPS) is 29.6. The van der Waals surface area contributed by atoms with Crippen LogP contribution in [0, 0.1) is 17.8 Å². The van der Waals surface area contributed by atoms with Gasteiger partial charge in [0.2, 0.25) is 0 Å². The molecule has 0 nitrogen and oxygen atoms in total. The Morgan fingerprint density at radius 3 is 2.39 bits per heavy atom. The lowest BCUT2D eigenvalue weighted by Crippen LogP contribution is -2.20. The molecule has 3 unspecified atom stereocenters. The molecule has 0 radical (unpaired) electrons. The summed E-state index contributed by atoms with van der Waals surface area (Å²) in [6.07, 6.45) is 13.4. The van der Waals surface area contributed by atoms with Gasteiger partial charge in [-0.25, -0.2) is 0 Å². The third kappa shape index (κ3) is 4.48. The van der Waals surface area contributed by atoms with Gasteiger partial charge in [-0.2, -0.15) is 0 Å². The van der Waals surface area contributed by atoms with Crippen molar-refractivity contribution in [1.29, 1.82) is 0 Å². The second-order valence-corrected chi connectivity index (χ2v) is 6.21. The summed E-state index contributed by atoms with van der Waals surface area (Å²) in [5, 5.41) is 0. The van der Waals surface area contributed by atoms with E-state index in [1.807, 2.05) is 0 Å². The maximum atomic E-state index is 3.96. The molecule has 0 aliphatic heterocycles. The second-order valence-electron chi connectivity index (χ2n) is 6.21. The van der Waals surface area contributed by atoms with Crippen LogP contribution >= 0.6 is 0 Å². The summed E-state index contributed by atoms with van der Waals surface area (Å²) in [6.45, 7) is 13.0. The van der Waals surface area contributed by atoms with Crippen LogP contribution in [-0.4, -0.2) is 0 Å². The summed E-state index contributed by atoms with van der Waals surface area (Å²) in [5.74, 6) is 2.40. The monoisotopic (exact) mass is 246 g/mol. The van der Waals surface area contributed by atoms with E-state index in [1.165, 1.54) is 37.7 Å². The third-order valence-corrected chi connectivity index (χ3v) is 4.38. The Hall–Kier alpha value is -0.780. The average Bonchev–Trinajstić information content (AvgIpc) is 2.50. The third-order valence-electron chi connectivity index (χ3n) is 4.38. The van der Waals surface area contributed by atoms with Crippen molar-refractivity contribution in [3.05, 3.63) is 36.0 Å². The number of rotatable bonds is 4. The van der Waals surface area contributed by atoms with E-state index in [9.17, 15) is 0 Å². The Kier molecular flexibility index (Phi) is 6.46. The first-order chi connectivity index (χ1) is 8.56. The Bertz CT molecular complexity index is 315. The minimum absolute atomic E-state index is 0.760. The van der Waals surface area contributed by atoms with Gasteiger partial charge in [-0.05, 0) is 51.4 Å². The average molecular weight is 246 g/mol. The molecule has 0 saturated heterocycles. The van der Waals surface area contributed by atoms with E-state index in [-0.39, 0.29) is 0 Å². The SMILES string of the molecule is C=CCC1C(C)CCCCC1/C(C)=C/C=C(C)C. The molecule has 0 aromatic rings. The molecule has 102 valence electrons. The highest BCUT2D eigenvalue weighted by Gasteiger charge is 2.28. The Morgan fingerprint density at radius 2 is 1.78 bits per heavy atom. The zero-order valence-corrected chi connectivity index (χ0v) is 12.7. The minimum Gasteiger partial charge on any atom is -0.103 e. The van der Waals surface area contributed by atoms with Gasteiger partial charge in [0, 0.05) is 0 Å². The van der Waals surface area contributed by atoms with E-state index in [0.717, 1.165) is 17.8 Å². The highest BCUT2D eigenvalue weighted by atomic mass is 14.3. The summed E-state index contributed by atoms with van der Waals surface area (Å²) in [4.78, 5) is 0. The molecule has 0 aromatic heterocycles. The molecule has 3 atom stereocenters. The van der Waals surface area contributed by atoms with E-state index in [4.69, 9.17) is 0 Å². The predicted octanol–water partition coefficient (Wildman–Crippen LogP) is 5.92. The molecule has 0 bridgehead atoms. The molecule has 0 spiro atoms. The molecule has 0 amide bonds. The molecule has 0 heteroatoms. The molecular weight excluding hydrogens is 216 g/mol. The largest absolute Gasteiger partial charge is 0.103 e. The van der Waals surface area contributed by atoms with Gasteiger partial charge in [-0.1, -0.05) is 55.6 Å². The maximum absolute atomic E-state index is 3.96. The smallest absolute Gasteiger partial charge is 0.0169 e. The molecule has 1 fully saturated rings. The first-order valence-corrected chi connectivity index (χ1v) is 7.48. The van der Waals surface area contributed by atoms with Crippen molar-refractivity contribution in [1.82, 2.24) is 0 Å². The summed E-state index contributed by atoms with van der Waals surface area (Å²) in [5.41, 5.74) is 2.95. The number of hydrogen-bond donors (Lipinski definition) is 0. The van der Waals surface area contributed by atoms with Crippen LogP contribution < -0.4 is 0 Å². The quantitative estimate of drug-likeness (QED) is 0.328. The van der Waals surface area contributed by atoms with Crippen LogP contribution in [0.1, 0.15) is 59.8 Å². The summed E-state index contributed by atoms with van der Waals surface area (Å²) >= 11 is 0. The molecule has 1 rings (SSSR count). The molecule has 1 aliphatic carbocycles. The lowest BCUT2D eigenvalue weighted by Gasteiger charge is -2.29. The van der Waals surface area contributed by atoms with Gasteiger partial charge in [0.15, 0.2) is 0 Å². The van der Waals surface area contributed by atoms with E-state index < -0.39 is 0 Å². The fraction of sp³-hybridized carbons (Fsp3) is 0.667. The van der Waals surface area contributed by atoms with Crippen LogP contribution in [0.5, 0.6) is 0 Å². The summed E-state index contributed by atoms with van der Waals surface area (Å²) < 4.78 is 0. The summed E-state index contributed by atoms with van der Waals surface area (Å²) in [6, 6.07) is 0. The van der Waals surface area contributed by atoms with Crippen molar-refractivity contribution >= 4 is 0 Å². The fourth-order valence-corrected chi connectivity index (χ4v) is 3.23. The molecular formula is C18H30. The Morgan fingerprint density at radius 1 is 1.11 bits per heavy atom. The van der Waals surface area contributed by atoms with Gasteiger partial charge in [-0.15, -0.1) is 6.58 Å². The Balaban J connectivity index is 2.88. The van der Waals surface area contributed by atoms with E-state index >= 15 is 0 Å². The van der Waals surface area contributed by atoms with Gasteiger partial charge < -0.3 is 0 Å². The van der Waals surface area contributed by atoms with Crippen molar-refractivity contribution < 1.29 is 0 Å². The van der Waals surface area contributed by atoms with Crippen molar-refractivity contribution in [3.63, 3.8) is 0 Å². The van der Waals surface area contributed by atoms with Crippen molar-refractivity contribution in [2.75, 3.05) is 0 Å². The minimum atomic E-state index is 0.760. The Labute approximate surface area is 114 Å².